The van der Waals surface area contributed by atoms with E-state index in [9.17, 15) is 4.79 Å². The van der Waals surface area contributed by atoms with Crippen LogP contribution in [0.25, 0.3) is 0 Å². The number of furan rings is 1. The maximum absolute atomic E-state index is 12.5. The second-order valence-electron chi connectivity index (χ2n) is 8.77. The molecule has 170 valence electrons. The fourth-order valence-corrected chi connectivity index (χ4v) is 4.31. The Kier molecular flexibility index (Phi) is 6.95. The third-order valence-electron chi connectivity index (χ3n) is 6.33. The smallest absolute Gasteiger partial charge is 0.324 e. The third-order valence-corrected chi connectivity index (χ3v) is 6.33. The van der Waals surface area contributed by atoms with E-state index in [0.29, 0.717) is 12.0 Å². The fraction of sp³-hybridized carbons (Fsp3) is 0.440. The molecule has 2 aromatic heterocycles. The Balaban J connectivity index is 1.27. The highest BCUT2D eigenvalue weighted by atomic mass is 16.3. The van der Waals surface area contributed by atoms with Crippen LogP contribution >= 0.6 is 0 Å². The summed E-state index contributed by atoms with van der Waals surface area (Å²) in [6, 6.07) is 13.8. The first-order valence-corrected chi connectivity index (χ1v) is 11.5. The number of aryl methyl sites for hydroxylation is 2. The van der Waals surface area contributed by atoms with Gasteiger partial charge in [-0.15, -0.1) is 0 Å². The summed E-state index contributed by atoms with van der Waals surface area (Å²) < 4.78 is 7.73. The molecule has 2 N–H and O–H groups in total. The number of likely N-dealkylation sites (tertiary alicyclic amines) is 1. The number of para-hydroxylation sites is 1. The van der Waals surface area contributed by atoms with Crippen LogP contribution in [0.4, 0.5) is 16.3 Å². The van der Waals surface area contributed by atoms with Crippen LogP contribution in [0.1, 0.15) is 55.2 Å². The van der Waals surface area contributed by atoms with E-state index < -0.39 is 0 Å². The van der Waals surface area contributed by atoms with Gasteiger partial charge < -0.3 is 14.6 Å². The van der Waals surface area contributed by atoms with E-state index >= 15 is 0 Å². The molecule has 1 unspecified atom stereocenters. The molecule has 32 heavy (non-hydrogen) atoms. The number of nitrogens with zero attached hydrogens (tertiary/aromatic N) is 3. The number of rotatable bonds is 7. The van der Waals surface area contributed by atoms with Gasteiger partial charge in [0.2, 0.25) is 0 Å². The molecule has 7 nitrogen and oxygen atoms in total. The lowest BCUT2D eigenvalue weighted by Crippen LogP contribution is -2.36. The average molecular weight is 436 g/mol. The number of piperidine rings is 1. The number of hydrogen-bond acceptors (Lipinski definition) is 4. The molecule has 1 atom stereocenters. The highest BCUT2D eigenvalue weighted by Crippen LogP contribution is 2.27. The van der Waals surface area contributed by atoms with Crippen molar-refractivity contribution >= 4 is 17.5 Å². The van der Waals surface area contributed by atoms with E-state index in [-0.39, 0.29) is 6.03 Å². The molecule has 2 amide bonds. The number of nitrogens with one attached hydrogen (secondary N) is 2. The van der Waals surface area contributed by atoms with Gasteiger partial charge in [0, 0.05) is 30.8 Å². The largest absolute Gasteiger partial charge is 0.466 e. The summed E-state index contributed by atoms with van der Waals surface area (Å²) in [6.45, 7) is 9.33. The predicted octanol–water partition coefficient (Wildman–Crippen LogP) is 5.57. The topological polar surface area (TPSA) is 75.3 Å². The zero-order chi connectivity index (χ0) is 22.5. The normalized spacial score (nSPS) is 16.1. The van der Waals surface area contributed by atoms with Gasteiger partial charge in [-0.2, -0.15) is 5.10 Å². The Hall–Kier alpha value is -3.06. The number of amides is 2. The zero-order valence-corrected chi connectivity index (χ0v) is 19.2. The lowest BCUT2D eigenvalue weighted by Gasteiger charge is -2.33. The Morgan fingerprint density at radius 3 is 2.62 bits per heavy atom. The maximum atomic E-state index is 12.5. The number of hydrogen-bond donors (Lipinski definition) is 2. The number of aromatic nitrogens is 2. The van der Waals surface area contributed by atoms with Crippen molar-refractivity contribution in [1.82, 2.24) is 14.7 Å². The minimum atomic E-state index is -0.249. The number of benzene rings is 1. The highest BCUT2D eigenvalue weighted by molar-refractivity contribution is 5.99. The Morgan fingerprint density at radius 2 is 1.91 bits per heavy atom. The van der Waals surface area contributed by atoms with Crippen LogP contribution in [0.2, 0.25) is 0 Å². The molecule has 0 bridgehead atoms. The van der Waals surface area contributed by atoms with E-state index in [0.717, 1.165) is 67.5 Å². The summed E-state index contributed by atoms with van der Waals surface area (Å²) in [5.41, 5.74) is 1.84. The van der Waals surface area contributed by atoms with E-state index in [1.165, 1.54) is 0 Å². The van der Waals surface area contributed by atoms with Crippen LogP contribution < -0.4 is 10.6 Å². The average Bonchev–Trinajstić information content (AvgIpc) is 3.43. The minimum absolute atomic E-state index is 0.249. The van der Waals surface area contributed by atoms with Crippen molar-refractivity contribution in [3.05, 3.63) is 65.7 Å². The molecule has 1 fully saturated rings. The SMILES string of the molecule is Cc1ccc(C(C)CCN2CCC(n3nccc3NC(=O)Nc3ccccc3C)CC2)o1. The number of carbonyl (C=O) groups is 1. The lowest BCUT2D eigenvalue weighted by atomic mass is 10.0. The fourth-order valence-electron chi connectivity index (χ4n) is 4.31. The molecular formula is C25H33N5O2. The molecule has 4 rings (SSSR count). The highest BCUT2D eigenvalue weighted by Gasteiger charge is 2.24. The summed E-state index contributed by atoms with van der Waals surface area (Å²) in [5.74, 6) is 3.21. The first kappa shape index (κ1) is 22.1. The van der Waals surface area contributed by atoms with Crippen molar-refractivity contribution in [3.8, 4) is 0 Å². The van der Waals surface area contributed by atoms with E-state index in [1.807, 2.05) is 54.9 Å². The molecule has 1 aliphatic heterocycles. The summed E-state index contributed by atoms with van der Waals surface area (Å²) in [6.07, 6.45) is 4.88. The summed E-state index contributed by atoms with van der Waals surface area (Å²) in [7, 11) is 0. The molecule has 7 heteroatoms. The van der Waals surface area contributed by atoms with Crippen LogP contribution in [0, 0.1) is 13.8 Å². The van der Waals surface area contributed by atoms with Gasteiger partial charge in [-0.05, 0) is 63.4 Å². The van der Waals surface area contributed by atoms with Crippen LogP contribution in [0.5, 0.6) is 0 Å². The molecule has 0 radical (unpaired) electrons. The van der Waals surface area contributed by atoms with Gasteiger partial charge in [-0.1, -0.05) is 25.1 Å². The molecule has 3 heterocycles. The molecule has 0 spiro atoms. The maximum Gasteiger partial charge on any atom is 0.324 e. The molecule has 1 aromatic carbocycles. The van der Waals surface area contributed by atoms with Gasteiger partial charge in [0.1, 0.15) is 17.3 Å². The van der Waals surface area contributed by atoms with Gasteiger partial charge in [0.25, 0.3) is 0 Å². The van der Waals surface area contributed by atoms with E-state index in [1.54, 1.807) is 6.20 Å². The molecule has 1 saturated heterocycles. The lowest BCUT2D eigenvalue weighted by molar-refractivity contribution is 0.175. The zero-order valence-electron chi connectivity index (χ0n) is 19.2. The van der Waals surface area contributed by atoms with Crippen LogP contribution in [0.3, 0.4) is 0 Å². The Morgan fingerprint density at radius 1 is 1.12 bits per heavy atom. The monoisotopic (exact) mass is 435 g/mol. The van der Waals surface area contributed by atoms with Gasteiger partial charge in [0.05, 0.1) is 12.2 Å². The van der Waals surface area contributed by atoms with Gasteiger partial charge in [-0.3, -0.25) is 5.32 Å². The summed E-state index contributed by atoms with van der Waals surface area (Å²) in [5, 5.41) is 10.4. The first-order chi connectivity index (χ1) is 15.5. The molecule has 0 saturated carbocycles. The van der Waals surface area contributed by atoms with Gasteiger partial charge in [0.15, 0.2) is 0 Å². The van der Waals surface area contributed by atoms with Crippen LogP contribution in [-0.4, -0.2) is 40.3 Å². The van der Waals surface area contributed by atoms with Crippen molar-refractivity contribution in [2.24, 2.45) is 0 Å². The molecular weight excluding hydrogens is 402 g/mol. The van der Waals surface area contributed by atoms with Crippen LogP contribution in [0.15, 0.2) is 53.1 Å². The summed E-state index contributed by atoms with van der Waals surface area (Å²) in [4.78, 5) is 15.0. The van der Waals surface area contributed by atoms with Crippen molar-refractivity contribution in [2.45, 2.75) is 52.0 Å². The Labute approximate surface area is 189 Å². The van der Waals surface area contributed by atoms with Gasteiger partial charge in [-0.25, -0.2) is 9.48 Å². The summed E-state index contributed by atoms with van der Waals surface area (Å²) >= 11 is 0. The number of anilines is 2. The van der Waals surface area contributed by atoms with Crippen molar-refractivity contribution < 1.29 is 9.21 Å². The van der Waals surface area contributed by atoms with E-state index in [4.69, 9.17) is 4.42 Å². The van der Waals surface area contributed by atoms with Gasteiger partial charge >= 0.3 is 6.03 Å². The van der Waals surface area contributed by atoms with Crippen molar-refractivity contribution in [1.29, 1.82) is 0 Å². The van der Waals surface area contributed by atoms with E-state index in [2.05, 4.69) is 33.6 Å². The second kappa shape index (κ2) is 10.0. The Bertz CT molecular complexity index is 1030. The molecule has 3 aromatic rings. The predicted molar refractivity (Wildman–Crippen MR) is 127 cm³/mol. The van der Waals surface area contributed by atoms with Crippen molar-refractivity contribution in [3.63, 3.8) is 0 Å². The quantitative estimate of drug-likeness (QED) is 0.509. The molecule has 0 aliphatic carbocycles. The standard InChI is InChI=1S/C25H33N5O2/c1-18-6-4-5-7-22(18)27-25(31)28-24-10-14-26-30(24)21-12-16-29(17-13-21)15-11-19(2)23-9-8-20(3)32-23/h4-10,14,19,21H,11-13,15-17H2,1-3H3,(H2,27,28,31). The molecule has 1 aliphatic rings. The number of carbonyl (C=O) groups excluding carboxylic acids is 1. The second-order valence-corrected chi connectivity index (χ2v) is 8.77. The number of urea groups is 1. The first-order valence-electron chi connectivity index (χ1n) is 11.5. The van der Waals surface area contributed by atoms with Crippen LogP contribution in [-0.2, 0) is 0 Å². The minimum Gasteiger partial charge on any atom is -0.466 e. The third kappa shape index (κ3) is 5.40. The van der Waals surface area contributed by atoms with Crippen molar-refractivity contribution in [2.75, 3.05) is 30.3 Å².